The minimum atomic E-state index is -4.39. The normalized spacial score (nSPS) is 14.7. The Bertz CT molecular complexity index is 1060. The van der Waals surface area contributed by atoms with Crippen molar-refractivity contribution < 1.29 is 42.1 Å². The number of phosphoric acid groups is 1. The summed E-state index contributed by atoms with van der Waals surface area (Å²) in [6.07, 6.45) is 35.4. The second-order valence-electron chi connectivity index (χ2n) is 12.6. The number of quaternary nitrogens is 1. The topological polar surface area (TPSA) is 108 Å². The van der Waals surface area contributed by atoms with Crippen molar-refractivity contribution in [1.29, 1.82) is 0 Å². The minimum Gasteiger partial charge on any atom is -0.462 e. The third kappa shape index (κ3) is 33.4. The van der Waals surface area contributed by atoms with Crippen molar-refractivity contribution in [2.75, 3.05) is 47.5 Å². The average molecular weight is 695 g/mol. The predicted molar refractivity (Wildman–Crippen MR) is 196 cm³/mol. The van der Waals surface area contributed by atoms with E-state index in [1.807, 2.05) is 75.8 Å². The lowest BCUT2D eigenvalue weighted by Crippen LogP contribution is -2.37. The van der Waals surface area contributed by atoms with E-state index >= 15 is 0 Å². The van der Waals surface area contributed by atoms with E-state index in [0.29, 0.717) is 30.3 Å². The van der Waals surface area contributed by atoms with E-state index < -0.39 is 32.5 Å². The second-order valence-corrected chi connectivity index (χ2v) is 14.1. The lowest BCUT2D eigenvalue weighted by molar-refractivity contribution is -0.870. The van der Waals surface area contributed by atoms with Crippen LogP contribution in [0.2, 0.25) is 0 Å². The fraction of sp³-hybridized carbons (Fsp3) is 0.632. The summed E-state index contributed by atoms with van der Waals surface area (Å²) < 4.78 is 33.9. The Labute approximate surface area is 291 Å². The Morgan fingerprint density at radius 1 is 0.667 bits per heavy atom. The molecule has 0 rings (SSSR count). The molecule has 0 aromatic rings. The van der Waals surface area contributed by atoms with Crippen molar-refractivity contribution in [2.24, 2.45) is 0 Å². The van der Waals surface area contributed by atoms with Crippen molar-refractivity contribution >= 4 is 19.8 Å². The van der Waals surface area contributed by atoms with E-state index in [1.165, 1.54) is 12.8 Å². The lowest BCUT2D eigenvalue weighted by atomic mass is 10.1. The van der Waals surface area contributed by atoms with Crippen LogP contribution in [0.3, 0.4) is 0 Å². The monoisotopic (exact) mass is 694 g/mol. The number of ether oxygens (including phenoxy) is 2. The molecule has 48 heavy (non-hydrogen) atoms. The van der Waals surface area contributed by atoms with Crippen LogP contribution in [-0.2, 0) is 32.7 Å². The number of carbonyl (C=O) groups excluding carboxylic acids is 2. The molecule has 0 aromatic carbocycles. The maximum atomic E-state index is 12.5. The van der Waals surface area contributed by atoms with E-state index in [4.69, 9.17) is 18.5 Å². The van der Waals surface area contributed by atoms with Gasteiger partial charge in [0, 0.05) is 12.8 Å². The number of allylic oxidation sites excluding steroid dienone is 12. The van der Waals surface area contributed by atoms with Gasteiger partial charge in [0.2, 0.25) is 0 Å². The van der Waals surface area contributed by atoms with Crippen LogP contribution in [0.1, 0.15) is 104 Å². The molecule has 0 aromatic heterocycles. The number of nitrogens with zero attached hydrogens (tertiary/aromatic N) is 1. The van der Waals surface area contributed by atoms with Gasteiger partial charge in [-0.05, 0) is 44.9 Å². The summed E-state index contributed by atoms with van der Waals surface area (Å²) in [7, 11) is 1.41. The first-order valence-electron chi connectivity index (χ1n) is 17.7. The molecule has 0 spiro atoms. The van der Waals surface area contributed by atoms with Crippen LogP contribution in [0.25, 0.3) is 0 Å². The van der Waals surface area contributed by atoms with Gasteiger partial charge in [-0.2, -0.15) is 0 Å². The van der Waals surface area contributed by atoms with Crippen LogP contribution in [0, 0.1) is 0 Å². The third-order valence-corrected chi connectivity index (χ3v) is 7.83. The molecular formula is C38H65NO8P+. The number of hydrogen-bond acceptors (Lipinski definition) is 7. The molecule has 0 heterocycles. The second kappa shape index (κ2) is 30.5. The highest BCUT2D eigenvalue weighted by atomic mass is 31.2. The fourth-order valence-electron chi connectivity index (χ4n) is 4.02. The first kappa shape index (κ1) is 45.5. The van der Waals surface area contributed by atoms with Gasteiger partial charge in [0.15, 0.2) is 6.10 Å². The molecule has 0 bridgehead atoms. The Kier molecular flexibility index (Phi) is 28.9. The number of unbranched alkanes of at least 4 members (excludes halogenated alkanes) is 8. The first-order chi connectivity index (χ1) is 23.0. The molecule has 10 heteroatoms. The summed E-state index contributed by atoms with van der Waals surface area (Å²) in [5.74, 6) is -0.909. The average Bonchev–Trinajstić information content (AvgIpc) is 3.02. The molecule has 1 N–H and O–H groups in total. The summed E-state index contributed by atoms with van der Waals surface area (Å²) in [5, 5.41) is 0. The zero-order chi connectivity index (χ0) is 35.8. The molecule has 2 unspecified atom stereocenters. The number of hydrogen-bond donors (Lipinski definition) is 1. The Morgan fingerprint density at radius 3 is 1.88 bits per heavy atom. The van der Waals surface area contributed by atoms with E-state index in [2.05, 4.69) is 32.1 Å². The molecule has 0 saturated heterocycles. The van der Waals surface area contributed by atoms with Crippen molar-refractivity contribution in [1.82, 2.24) is 0 Å². The van der Waals surface area contributed by atoms with Crippen LogP contribution < -0.4 is 0 Å². The van der Waals surface area contributed by atoms with Gasteiger partial charge < -0.3 is 18.9 Å². The summed E-state index contributed by atoms with van der Waals surface area (Å²) in [5.41, 5.74) is 0. The summed E-state index contributed by atoms with van der Waals surface area (Å²) in [4.78, 5) is 35.0. The molecule has 9 nitrogen and oxygen atoms in total. The molecule has 0 fully saturated rings. The van der Waals surface area contributed by atoms with Crippen molar-refractivity contribution in [2.45, 2.75) is 110 Å². The quantitative estimate of drug-likeness (QED) is 0.0198. The Balaban J connectivity index is 4.66. The maximum absolute atomic E-state index is 12.5. The zero-order valence-corrected chi connectivity index (χ0v) is 31.3. The van der Waals surface area contributed by atoms with Gasteiger partial charge in [0.1, 0.15) is 19.8 Å². The van der Waals surface area contributed by atoms with Crippen molar-refractivity contribution in [3.05, 3.63) is 72.9 Å². The minimum absolute atomic E-state index is 0.0130. The van der Waals surface area contributed by atoms with Crippen LogP contribution in [-0.4, -0.2) is 74.9 Å². The standard InChI is InChI=1S/C38H64NO8P/c1-6-8-10-12-14-16-18-19-21-23-25-27-29-31-38(41)47-36(35-46-48(42,43)45-33-32-39(3,4)5)34-44-37(40)30-28-26-24-22-20-17-15-13-11-9-7-2/h8,10,12-16,18-19,21,23,25,36H,6-7,9,11,17,20,22,24,26-35H2,1-5H3/p+1/b10-8+,14-12+,15-13+,18-16+,21-19+,25-23+. The zero-order valence-electron chi connectivity index (χ0n) is 30.4. The summed E-state index contributed by atoms with van der Waals surface area (Å²) >= 11 is 0. The largest absolute Gasteiger partial charge is 0.472 e. The van der Waals surface area contributed by atoms with E-state index in [0.717, 1.165) is 44.9 Å². The Hall–Kier alpha value is -2.55. The van der Waals surface area contributed by atoms with Gasteiger partial charge in [0.25, 0.3) is 0 Å². The molecular weight excluding hydrogens is 629 g/mol. The maximum Gasteiger partial charge on any atom is 0.472 e. The number of phosphoric ester groups is 1. The number of rotatable bonds is 30. The van der Waals surface area contributed by atoms with Crippen LogP contribution in [0.4, 0.5) is 0 Å². The SMILES string of the molecule is CC/C=C/C=C/C=C/C=C/C=C/CCCC(=O)OC(COC(=O)CCCCCCC/C=C/CCCC)COP(=O)(O)OCC[N+](C)(C)C. The van der Waals surface area contributed by atoms with Crippen molar-refractivity contribution in [3.8, 4) is 0 Å². The molecule has 274 valence electrons. The van der Waals surface area contributed by atoms with Gasteiger partial charge in [-0.15, -0.1) is 0 Å². The summed E-state index contributed by atoms with van der Waals surface area (Å²) in [6, 6.07) is 0. The van der Waals surface area contributed by atoms with Gasteiger partial charge in [-0.1, -0.05) is 119 Å². The van der Waals surface area contributed by atoms with Crippen LogP contribution in [0.5, 0.6) is 0 Å². The molecule has 0 aliphatic carbocycles. The highest BCUT2D eigenvalue weighted by molar-refractivity contribution is 7.47. The highest BCUT2D eigenvalue weighted by Gasteiger charge is 2.27. The van der Waals surface area contributed by atoms with Gasteiger partial charge in [-0.3, -0.25) is 18.6 Å². The van der Waals surface area contributed by atoms with E-state index in [-0.39, 0.29) is 26.1 Å². The molecule has 0 aliphatic heterocycles. The predicted octanol–water partition coefficient (Wildman–Crippen LogP) is 9.12. The van der Waals surface area contributed by atoms with Gasteiger partial charge in [0.05, 0.1) is 27.7 Å². The molecule has 0 aliphatic rings. The molecule has 0 saturated carbocycles. The lowest BCUT2D eigenvalue weighted by Gasteiger charge is -2.24. The van der Waals surface area contributed by atoms with Crippen LogP contribution in [0.15, 0.2) is 72.9 Å². The molecule has 0 radical (unpaired) electrons. The number of carbonyl (C=O) groups is 2. The summed E-state index contributed by atoms with van der Waals surface area (Å²) in [6.45, 7) is 4.09. The fourth-order valence-corrected chi connectivity index (χ4v) is 4.76. The molecule has 2 atom stereocenters. The number of esters is 2. The van der Waals surface area contributed by atoms with Gasteiger partial charge >= 0.3 is 19.8 Å². The first-order valence-corrected chi connectivity index (χ1v) is 19.2. The van der Waals surface area contributed by atoms with Crippen LogP contribution >= 0.6 is 7.82 Å². The van der Waals surface area contributed by atoms with Crippen molar-refractivity contribution in [3.63, 3.8) is 0 Å². The third-order valence-electron chi connectivity index (χ3n) is 6.85. The van der Waals surface area contributed by atoms with E-state index in [9.17, 15) is 19.0 Å². The van der Waals surface area contributed by atoms with Gasteiger partial charge in [-0.25, -0.2) is 4.57 Å². The molecule has 0 amide bonds. The smallest absolute Gasteiger partial charge is 0.462 e. The number of likely N-dealkylation sites (N-methyl/N-ethyl adjacent to an activating group) is 1. The van der Waals surface area contributed by atoms with E-state index in [1.54, 1.807) is 0 Å². The highest BCUT2D eigenvalue weighted by Crippen LogP contribution is 2.43. The Morgan fingerprint density at radius 2 is 1.23 bits per heavy atom.